The van der Waals surface area contributed by atoms with E-state index in [0.29, 0.717) is 12.2 Å². The Labute approximate surface area is 114 Å². The van der Waals surface area contributed by atoms with E-state index < -0.39 is 0 Å². The molecule has 2 rings (SSSR count). The molecule has 0 fully saturated rings. The third-order valence-electron chi connectivity index (χ3n) is 3.28. The van der Waals surface area contributed by atoms with Crippen molar-refractivity contribution in [1.82, 2.24) is 0 Å². The topological polar surface area (TPSA) is 40.5 Å². The van der Waals surface area contributed by atoms with E-state index in [2.05, 4.69) is 26.8 Å². The van der Waals surface area contributed by atoms with Crippen molar-refractivity contribution >= 4 is 0 Å². The molecular formula is C17H20O2. The zero-order valence-corrected chi connectivity index (χ0v) is 11.6. The zero-order chi connectivity index (χ0) is 14.0. The van der Waals surface area contributed by atoms with E-state index in [9.17, 15) is 10.2 Å². The Morgan fingerprint density at radius 1 is 0.895 bits per heavy atom. The van der Waals surface area contributed by atoms with Gasteiger partial charge >= 0.3 is 0 Å². The first-order valence-corrected chi connectivity index (χ1v) is 6.47. The van der Waals surface area contributed by atoms with Crippen LogP contribution in [-0.2, 0) is 11.8 Å². The second kappa shape index (κ2) is 4.96. The summed E-state index contributed by atoms with van der Waals surface area (Å²) in [5.74, 6) is 0.595. The van der Waals surface area contributed by atoms with Crippen LogP contribution in [0.4, 0.5) is 0 Å². The average Bonchev–Trinajstić information content (AvgIpc) is 2.33. The fourth-order valence-corrected chi connectivity index (χ4v) is 2.28. The minimum Gasteiger partial charge on any atom is -0.508 e. The Morgan fingerprint density at radius 3 is 2.11 bits per heavy atom. The molecule has 0 atom stereocenters. The van der Waals surface area contributed by atoms with Gasteiger partial charge in [-0.05, 0) is 34.7 Å². The Morgan fingerprint density at radius 2 is 1.53 bits per heavy atom. The van der Waals surface area contributed by atoms with Crippen LogP contribution in [0, 0.1) is 0 Å². The fourth-order valence-electron chi connectivity index (χ4n) is 2.28. The van der Waals surface area contributed by atoms with Gasteiger partial charge in [-0.1, -0.05) is 45.0 Å². The van der Waals surface area contributed by atoms with E-state index in [1.165, 1.54) is 0 Å². The molecule has 0 unspecified atom stereocenters. The average molecular weight is 256 g/mol. The molecule has 0 aliphatic heterocycles. The van der Waals surface area contributed by atoms with Gasteiger partial charge in [0.15, 0.2) is 0 Å². The minimum absolute atomic E-state index is 0.00894. The predicted molar refractivity (Wildman–Crippen MR) is 77.7 cm³/mol. The number of phenolic OH excluding ortho intramolecular Hbond substituents is 2. The molecule has 100 valence electrons. The van der Waals surface area contributed by atoms with Crippen molar-refractivity contribution < 1.29 is 10.2 Å². The molecule has 0 amide bonds. The van der Waals surface area contributed by atoms with Gasteiger partial charge in [-0.3, -0.25) is 0 Å². The molecule has 0 heterocycles. The summed E-state index contributed by atoms with van der Waals surface area (Å²) in [7, 11) is 0. The van der Waals surface area contributed by atoms with Gasteiger partial charge in [-0.15, -0.1) is 0 Å². The number of benzene rings is 2. The SMILES string of the molecule is CC(C)(C)c1cccc(O)c1Cc1ccc(O)cc1. The van der Waals surface area contributed by atoms with Gasteiger partial charge in [0, 0.05) is 12.0 Å². The van der Waals surface area contributed by atoms with E-state index in [4.69, 9.17) is 0 Å². The van der Waals surface area contributed by atoms with Crippen LogP contribution in [0.3, 0.4) is 0 Å². The van der Waals surface area contributed by atoms with Crippen molar-refractivity contribution in [3.05, 3.63) is 59.2 Å². The Kier molecular flexibility index (Phi) is 3.52. The lowest BCUT2D eigenvalue weighted by molar-refractivity contribution is 0.463. The number of phenols is 2. The summed E-state index contributed by atoms with van der Waals surface area (Å²) in [4.78, 5) is 0. The highest BCUT2D eigenvalue weighted by Gasteiger charge is 2.20. The van der Waals surface area contributed by atoms with Crippen LogP contribution in [0.1, 0.15) is 37.5 Å². The maximum absolute atomic E-state index is 10.1. The summed E-state index contributed by atoms with van der Waals surface area (Å²) in [5, 5.41) is 19.4. The summed E-state index contributed by atoms with van der Waals surface area (Å²) in [5.41, 5.74) is 3.18. The van der Waals surface area contributed by atoms with Crippen molar-refractivity contribution in [2.24, 2.45) is 0 Å². The molecule has 0 aliphatic carbocycles. The molecule has 2 aromatic rings. The monoisotopic (exact) mass is 256 g/mol. The molecule has 0 aromatic heterocycles. The van der Waals surface area contributed by atoms with Crippen molar-refractivity contribution in [2.45, 2.75) is 32.6 Å². The smallest absolute Gasteiger partial charge is 0.119 e. The fraction of sp³-hybridized carbons (Fsp3) is 0.294. The minimum atomic E-state index is -0.00894. The number of hydrogen-bond acceptors (Lipinski definition) is 2. The zero-order valence-electron chi connectivity index (χ0n) is 11.6. The predicted octanol–water partition coefficient (Wildman–Crippen LogP) is 3.99. The van der Waals surface area contributed by atoms with Crippen molar-refractivity contribution in [3.8, 4) is 11.5 Å². The van der Waals surface area contributed by atoms with Crippen LogP contribution in [0.15, 0.2) is 42.5 Å². The van der Waals surface area contributed by atoms with Crippen LogP contribution in [0.25, 0.3) is 0 Å². The summed E-state index contributed by atoms with van der Waals surface area (Å²) in [6, 6.07) is 12.8. The van der Waals surface area contributed by atoms with Gasteiger partial charge in [0.2, 0.25) is 0 Å². The standard InChI is InChI=1S/C17H20O2/c1-17(2,3)15-5-4-6-16(19)14(15)11-12-7-9-13(18)10-8-12/h4-10,18-19H,11H2,1-3H3. The third kappa shape index (κ3) is 3.08. The summed E-state index contributed by atoms with van der Waals surface area (Å²) in [6.45, 7) is 6.42. The normalized spacial score (nSPS) is 11.5. The molecule has 0 saturated heterocycles. The Bertz CT molecular complexity index is 563. The molecule has 0 bridgehead atoms. The maximum Gasteiger partial charge on any atom is 0.119 e. The van der Waals surface area contributed by atoms with Crippen molar-refractivity contribution in [1.29, 1.82) is 0 Å². The Balaban J connectivity index is 2.42. The van der Waals surface area contributed by atoms with Gasteiger partial charge in [-0.25, -0.2) is 0 Å². The number of hydrogen-bond donors (Lipinski definition) is 2. The largest absolute Gasteiger partial charge is 0.508 e. The van der Waals surface area contributed by atoms with E-state index >= 15 is 0 Å². The van der Waals surface area contributed by atoms with Gasteiger partial charge in [0.25, 0.3) is 0 Å². The molecule has 2 aromatic carbocycles. The first-order valence-electron chi connectivity index (χ1n) is 6.47. The highest BCUT2D eigenvalue weighted by molar-refractivity contribution is 5.45. The van der Waals surface area contributed by atoms with Crippen LogP contribution >= 0.6 is 0 Å². The van der Waals surface area contributed by atoms with Crippen molar-refractivity contribution in [2.75, 3.05) is 0 Å². The number of rotatable bonds is 2. The molecule has 2 heteroatoms. The van der Waals surface area contributed by atoms with E-state index in [1.54, 1.807) is 18.2 Å². The summed E-state index contributed by atoms with van der Waals surface area (Å²) >= 11 is 0. The first kappa shape index (κ1) is 13.5. The van der Waals surface area contributed by atoms with Crippen LogP contribution in [-0.4, -0.2) is 10.2 Å². The highest BCUT2D eigenvalue weighted by Crippen LogP contribution is 2.32. The van der Waals surface area contributed by atoms with E-state index in [0.717, 1.165) is 16.7 Å². The lowest BCUT2D eigenvalue weighted by Gasteiger charge is -2.23. The van der Waals surface area contributed by atoms with Crippen molar-refractivity contribution in [3.63, 3.8) is 0 Å². The molecule has 0 aliphatic rings. The molecule has 19 heavy (non-hydrogen) atoms. The third-order valence-corrected chi connectivity index (χ3v) is 3.28. The van der Waals surface area contributed by atoms with Crippen LogP contribution in [0.2, 0.25) is 0 Å². The van der Waals surface area contributed by atoms with Crippen LogP contribution < -0.4 is 0 Å². The molecule has 0 spiro atoms. The molecule has 0 radical (unpaired) electrons. The molecule has 2 N–H and O–H groups in total. The van der Waals surface area contributed by atoms with Crippen LogP contribution in [0.5, 0.6) is 11.5 Å². The maximum atomic E-state index is 10.1. The van der Waals surface area contributed by atoms with Gasteiger partial charge in [0.1, 0.15) is 11.5 Å². The lowest BCUT2D eigenvalue weighted by Crippen LogP contribution is -2.14. The van der Waals surface area contributed by atoms with E-state index in [-0.39, 0.29) is 11.2 Å². The molecular weight excluding hydrogens is 236 g/mol. The second-order valence-electron chi connectivity index (χ2n) is 5.90. The van der Waals surface area contributed by atoms with Gasteiger partial charge in [0.05, 0.1) is 0 Å². The van der Waals surface area contributed by atoms with E-state index in [1.807, 2.05) is 18.2 Å². The first-order chi connectivity index (χ1) is 8.88. The summed E-state index contributed by atoms with van der Waals surface area (Å²) in [6.07, 6.45) is 0.666. The quantitative estimate of drug-likeness (QED) is 0.853. The summed E-state index contributed by atoms with van der Waals surface area (Å²) < 4.78 is 0. The highest BCUT2D eigenvalue weighted by atomic mass is 16.3. The Hall–Kier alpha value is -1.96. The molecule has 0 saturated carbocycles. The van der Waals surface area contributed by atoms with Gasteiger partial charge < -0.3 is 10.2 Å². The second-order valence-corrected chi connectivity index (χ2v) is 5.90. The lowest BCUT2D eigenvalue weighted by atomic mass is 9.82. The molecule has 2 nitrogen and oxygen atoms in total. The van der Waals surface area contributed by atoms with Gasteiger partial charge in [-0.2, -0.15) is 0 Å². The number of aromatic hydroxyl groups is 2.